The summed E-state index contributed by atoms with van der Waals surface area (Å²) in [5, 5.41) is 4.73. The summed E-state index contributed by atoms with van der Waals surface area (Å²) in [5.41, 5.74) is 2.42. The fourth-order valence-corrected chi connectivity index (χ4v) is 3.46. The Morgan fingerprint density at radius 1 is 1.20 bits per heavy atom. The minimum atomic E-state index is 0.440. The van der Waals surface area contributed by atoms with Gasteiger partial charge < -0.3 is 5.32 Å². The number of nitrogens with zero attached hydrogens (tertiary/aromatic N) is 1. The van der Waals surface area contributed by atoms with Crippen LogP contribution in [0.15, 0.2) is 36.5 Å². The Hall–Kier alpha value is -1.41. The van der Waals surface area contributed by atoms with Crippen LogP contribution in [0.3, 0.4) is 0 Å². The number of nitrogens with one attached hydrogen (secondary N) is 1. The van der Waals surface area contributed by atoms with Gasteiger partial charge >= 0.3 is 0 Å². The van der Waals surface area contributed by atoms with Crippen LogP contribution in [-0.4, -0.2) is 12.0 Å². The molecule has 1 aromatic heterocycles. The first-order valence-corrected chi connectivity index (χ1v) is 7.89. The van der Waals surface area contributed by atoms with Crippen molar-refractivity contribution < 1.29 is 0 Å². The summed E-state index contributed by atoms with van der Waals surface area (Å²) >= 11 is 0. The van der Waals surface area contributed by atoms with Gasteiger partial charge in [-0.1, -0.05) is 50.3 Å². The van der Waals surface area contributed by atoms with E-state index in [1.165, 1.54) is 49.5 Å². The second kappa shape index (κ2) is 6.36. The van der Waals surface area contributed by atoms with Gasteiger partial charge in [-0.15, -0.1) is 0 Å². The fraction of sp³-hybridized carbons (Fsp3) is 0.500. The molecular formula is C18H24N2. The molecule has 1 heterocycles. The molecule has 0 bridgehead atoms. The second-order valence-electron chi connectivity index (χ2n) is 6.04. The van der Waals surface area contributed by atoms with Crippen LogP contribution in [-0.2, 0) is 0 Å². The number of pyridine rings is 1. The molecule has 2 heteroatoms. The number of hydrogen-bond acceptors (Lipinski definition) is 2. The van der Waals surface area contributed by atoms with E-state index < -0.39 is 0 Å². The van der Waals surface area contributed by atoms with E-state index in [0.717, 1.165) is 11.4 Å². The molecule has 1 unspecified atom stereocenters. The fourth-order valence-electron chi connectivity index (χ4n) is 3.46. The lowest BCUT2D eigenvalue weighted by molar-refractivity contribution is 0.305. The van der Waals surface area contributed by atoms with E-state index in [9.17, 15) is 0 Å². The third-order valence-corrected chi connectivity index (χ3v) is 4.66. The van der Waals surface area contributed by atoms with Crippen molar-refractivity contribution in [1.29, 1.82) is 0 Å². The third kappa shape index (κ3) is 3.01. The Morgan fingerprint density at radius 3 is 2.80 bits per heavy atom. The largest absolute Gasteiger partial charge is 0.313 e. The molecule has 20 heavy (non-hydrogen) atoms. The van der Waals surface area contributed by atoms with Gasteiger partial charge in [0.25, 0.3) is 0 Å². The van der Waals surface area contributed by atoms with Crippen LogP contribution in [0.2, 0.25) is 0 Å². The maximum atomic E-state index is 4.60. The monoisotopic (exact) mass is 268 g/mol. The van der Waals surface area contributed by atoms with Crippen molar-refractivity contribution in [3.63, 3.8) is 0 Å². The molecule has 1 saturated carbocycles. The average molecular weight is 268 g/mol. The lowest BCUT2D eigenvalue weighted by Crippen LogP contribution is -2.21. The van der Waals surface area contributed by atoms with Crippen LogP contribution in [0.4, 0.5) is 0 Å². The van der Waals surface area contributed by atoms with Crippen molar-refractivity contribution in [3.05, 3.63) is 42.1 Å². The van der Waals surface area contributed by atoms with Crippen LogP contribution < -0.4 is 5.32 Å². The van der Waals surface area contributed by atoms with Crippen LogP contribution in [0.5, 0.6) is 0 Å². The molecule has 0 aliphatic heterocycles. The van der Waals surface area contributed by atoms with Gasteiger partial charge in [-0.3, -0.25) is 4.98 Å². The molecule has 0 radical (unpaired) electrons. The molecule has 0 amide bonds. The maximum absolute atomic E-state index is 4.60. The number of rotatable bonds is 4. The zero-order chi connectivity index (χ0) is 13.8. The number of fused-ring (bicyclic) bond motifs is 1. The van der Waals surface area contributed by atoms with Gasteiger partial charge in [-0.2, -0.15) is 0 Å². The average Bonchev–Trinajstić information content (AvgIpc) is 2.53. The van der Waals surface area contributed by atoms with E-state index in [1.54, 1.807) is 0 Å². The van der Waals surface area contributed by atoms with Gasteiger partial charge in [-0.05, 0) is 37.1 Å². The molecule has 2 aromatic rings. The molecular weight excluding hydrogens is 244 g/mol. The van der Waals surface area contributed by atoms with E-state index >= 15 is 0 Å². The highest BCUT2D eigenvalue weighted by Gasteiger charge is 2.19. The molecule has 2 nitrogen and oxygen atoms in total. The van der Waals surface area contributed by atoms with E-state index in [1.807, 2.05) is 12.3 Å². The Labute approximate surface area is 121 Å². The van der Waals surface area contributed by atoms with Crippen molar-refractivity contribution in [2.24, 2.45) is 5.92 Å². The molecule has 1 aliphatic carbocycles. The summed E-state index contributed by atoms with van der Waals surface area (Å²) in [4.78, 5) is 4.60. The van der Waals surface area contributed by atoms with Gasteiger partial charge in [0.05, 0.1) is 5.52 Å². The lowest BCUT2D eigenvalue weighted by Gasteiger charge is -2.26. The zero-order valence-corrected chi connectivity index (χ0v) is 12.3. The maximum Gasteiger partial charge on any atom is 0.0702 e. The Kier molecular flexibility index (Phi) is 4.31. The summed E-state index contributed by atoms with van der Waals surface area (Å²) in [5.74, 6) is 0.882. The van der Waals surface area contributed by atoms with Crippen molar-refractivity contribution in [1.82, 2.24) is 10.3 Å². The predicted molar refractivity (Wildman–Crippen MR) is 84.7 cm³/mol. The van der Waals surface area contributed by atoms with Crippen molar-refractivity contribution >= 4 is 10.9 Å². The first-order chi connectivity index (χ1) is 9.86. The number of benzene rings is 1. The van der Waals surface area contributed by atoms with Gasteiger partial charge in [0.2, 0.25) is 0 Å². The summed E-state index contributed by atoms with van der Waals surface area (Å²) in [6, 6.07) is 11.1. The van der Waals surface area contributed by atoms with E-state index in [4.69, 9.17) is 0 Å². The molecule has 1 N–H and O–H groups in total. The Bertz CT molecular complexity index is 558. The molecule has 0 saturated heterocycles. The normalized spacial score (nSPS) is 18.2. The summed E-state index contributed by atoms with van der Waals surface area (Å²) in [6.07, 6.45) is 10.4. The van der Waals surface area contributed by atoms with Gasteiger partial charge in [0.1, 0.15) is 0 Å². The standard InChI is InChI=1S/C18H24N2/c1-19-18(11-14-7-3-2-4-8-14)16-12-15-9-5-6-10-17(15)20-13-16/h5-6,9-10,12-14,18-19H,2-4,7-8,11H2,1H3. The Morgan fingerprint density at radius 2 is 2.00 bits per heavy atom. The quantitative estimate of drug-likeness (QED) is 0.885. The SMILES string of the molecule is CNC(CC1CCCCC1)c1cnc2ccccc2c1. The number of hydrogen-bond donors (Lipinski definition) is 1. The number of para-hydroxylation sites is 1. The first kappa shape index (κ1) is 13.6. The summed E-state index contributed by atoms with van der Waals surface area (Å²) in [7, 11) is 2.07. The second-order valence-corrected chi connectivity index (χ2v) is 6.04. The van der Waals surface area contributed by atoms with Crippen LogP contribution in [0.1, 0.15) is 50.1 Å². The molecule has 1 atom stereocenters. The van der Waals surface area contributed by atoms with Crippen molar-refractivity contribution in [3.8, 4) is 0 Å². The minimum absolute atomic E-state index is 0.440. The minimum Gasteiger partial charge on any atom is -0.313 e. The van der Waals surface area contributed by atoms with E-state index in [-0.39, 0.29) is 0 Å². The van der Waals surface area contributed by atoms with Gasteiger partial charge in [-0.25, -0.2) is 0 Å². The van der Waals surface area contributed by atoms with Gasteiger partial charge in [0, 0.05) is 17.6 Å². The van der Waals surface area contributed by atoms with Crippen LogP contribution in [0.25, 0.3) is 10.9 Å². The predicted octanol–water partition coefficient (Wildman–Crippen LogP) is 4.47. The summed E-state index contributed by atoms with van der Waals surface area (Å²) in [6.45, 7) is 0. The zero-order valence-electron chi connectivity index (χ0n) is 12.3. The van der Waals surface area contributed by atoms with Crippen molar-refractivity contribution in [2.75, 3.05) is 7.05 Å². The third-order valence-electron chi connectivity index (χ3n) is 4.66. The van der Waals surface area contributed by atoms with E-state index in [0.29, 0.717) is 6.04 Å². The highest BCUT2D eigenvalue weighted by atomic mass is 14.9. The highest BCUT2D eigenvalue weighted by molar-refractivity contribution is 5.78. The highest BCUT2D eigenvalue weighted by Crippen LogP contribution is 2.32. The molecule has 1 aliphatic rings. The molecule has 106 valence electrons. The molecule has 1 aromatic carbocycles. The van der Waals surface area contributed by atoms with Crippen LogP contribution >= 0.6 is 0 Å². The van der Waals surface area contributed by atoms with Crippen molar-refractivity contribution in [2.45, 2.75) is 44.6 Å². The van der Waals surface area contributed by atoms with Gasteiger partial charge in [0.15, 0.2) is 0 Å². The molecule has 3 rings (SSSR count). The molecule has 1 fully saturated rings. The van der Waals surface area contributed by atoms with E-state index in [2.05, 4.69) is 41.6 Å². The van der Waals surface area contributed by atoms with Crippen LogP contribution in [0, 0.1) is 5.92 Å². The topological polar surface area (TPSA) is 24.9 Å². The number of aromatic nitrogens is 1. The lowest BCUT2D eigenvalue weighted by atomic mass is 9.83. The smallest absolute Gasteiger partial charge is 0.0702 e. The first-order valence-electron chi connectivity index (χ1n) is 7.89. The summed E-state index contributed by atoms with van der Waals surface area (Å²) < 4.78 is 0. The molecule has 0 spiro atoms. The Balaban J connectivity index is 1.79.